The monoisotopic (exact) mass is 1040 g/mol. The van der Waals surface area contributed by atoms with E-state index in [1.807, 2.05) is 0 Å². The van der Waals surface area contributed by atoms with Crippen LogP contribution in [0.15, 0.2) is 297 Å². The molecule has 0 aromatic heterocycles. The van der Waals surface area contributed by atoms with Crippen molar-refractivity contribution >= 4 is 51.2 Å². The maximum absolute atomic E-state index is 2.55. The molecule has 0 saturated carbocycles. The van der Waals surface area contributed by atoms with Gasteiger partial charge in [0.2, 0.25) is 0 Å². The molecule has 3 nitrogen and oxygen atoms in total. The van der Waals surface area contributed by atoms with Crippen molar-refractivity contribution in [2.24, 2.45) is 0 Å². The van der Waals surface area contributed by atoms with Crippen LogP contribution in [0.25, 0.3) is 55.6 Å². The summed E-state index contributed by atoms with van der Waals surface area (Å²) in [5.74, 6) is 0. The molecule has 12 aromatic carbocycles. The molecule has 0 radical (unpaired) electrons. The van der Waals surface area contributed by atoms with Gasteiger partial charge in [0, 0.05) is 62.0 Å². The quantitative estimate of drug-likeness (QED) is 0.121. The molecule has 0 bridgehead atoms. The molecule has 2 aliphatic rings. The van der Waals surface area contributed by atoms with Crippen LogP contribution < -0.4 is 14.7 Å². The molecule has 0 spiro atoms. The zero-order valence-corrected chi connectivity index (χ0v) is 46.1. The van der Waals surface area contributed by atoms with Gasteiger partial charge in [0.25, 0.3) is 0 Å². The van der Waals surface area contributed by atoms with Crippen molar-refractivity contribution < 1.29 is 0 Å². The van der Waals surface area contributed by atoms with Crippen LogP contribution in [0.2, 0.25) is 0 Å². The third kappa shape index (κ3) is 8.79. The predicted molar refractivity (Wildman–Crippen MR) is 342 cm³/mol. The highest BCUT2D eigenvalue weighted by molar-refractivity contribution is 5.94. The molecule has 0 heterocycles. The SMILES string of the molecule is CC1(C)c2ccc(-c3cc(N(c4ccccc4)c4ccccc4)cc(N(c4ccccc4)c4ccccc4)c3)cc2-c2cc3c(cc21)-c1ccc(N(c2ccc(-c4ccccc4)cc2)c2ccc(-c4ccccc4)cc2)cc1C3(C)C. The van der Waals surface area contributed by atoms with Crippen molar-refractivity contribution in [1.29, 1.82) is 0 Å². The topological polar surface area (TPSA) is 9.72 Å². The molecule has 0 saturated heterocycles. The van der Waals surface area contributed by atoms with Crippen LogP contribution in [0.3, 0.4) is 0 Å². The molecule has 3 heteroatoms. The van der Waals surface area contributed by atoms with Gasteiger partial charge in [0.1, 0.15) is 0 Å². The van der Waals surface area contributed by atoms with Crippen LogP contribution in [0.4, 0.5) is 51.2 Å². The lowest BCUT2D eigenvalue weighted by Crippen LogP contribution is -2.17. The normalized spacial score (nSPS) is 13.1. The largest absolute Gasteiger partial charge is 0.310 e. The van der Waals surface area contributed by atoms with Gasteiger partial charge in [-0.05, 0) is 199 Å². The maximum atomic E-state index is 2.55. The van der Waals surface area contributed by atoms with Gasteiger partial charge in [-0.3, -0.25) is 0 Å². The van der Waals surface area contributed by atoms with Crippen molar-refractivity contribution in [2.75, 3.05) is 14.7 Å². The Morgan fingerprint density at radius 3 is 0.926 bits per heavy atom. The highest BCUT2D eigenvalue weighted by Gasteiger charge is 2.42. The summed E-state index contributed by atoms with van der Waals surface area (Å²) in [6, 6.07) is 109. The Morgan fingerprint density at radius 2 is 0.494 bits per heavy atom. The first kappa shape index (κ1) is 49.3. The van der Waals surface area contributed by atoms with Gasteiger partial charge in [-0.15, -0.1) is 0 Å². The van der Waals surface area contributed by atoms with Gasteiger partial charge in [0.05, 0.1) is 0 Å². The van der Waals surface area contributed by atoms with E-state index >= 15 is 0 Å². The van der Waals surface area contributed by atoms with Crippen molar-refractivity contribution in [3.05, 3.63) is 320 Å². The highest BCUT2D eigenvalue weighted by Crippen LogP contribution is 2.58. The second-order valence-corrected chi connectivity index (χ2v) is 22.6. The molecule has 12 aromatic rings. The molecular weight excluding hydrogens is 979 g/mol. The minimum Gasteiger partial charge on any atom is -0.310 e. The van der Waals surface area contributed by atoms with Crippen LogP contribution in [0, 0.1) is 0 Å². The van der Waals surface area contributed by atoms with Crippen molar-refractivity contribution in [2.45, 2.75) is 38.5 Å². The summed E-state index contributed by atoms with van der Waals surface area (Å²) in [5, 5.41) is 0. The number of rotatable bonds is 12. The first-order valence-corrected chi connectivity index (χ1v) is 28.2. The summed E-state index contributed by atoms with van der Waals surface area (Å²) in [5.41, 5.74) is 27.2. The van der Waals surface area contributed by atoms with E-state index in [0.717, 1.165) is 56.7 Å². The molecule has 0 unspecified atom stereocenters. The number of hydrogen-bond acceptors (Lipinski definition) is 3. The standard InChI is InChI=1S/C78H61N3/c1-77(2)73-46-39-58(59-47-67(80(60-27-15-7-16-28-60)61-29-17-8-18-30-61)50-68(48-59)81(62-31-19-9-20-32-62)63-33-21-10-22-34-63)49-70(73)72-53-75-71(52-76(72)77)69-45-44-66(51-74(69)78(75,3)4)79(64-40-35-56(36-41-64)54-23-11-5-12-24-54)65-42-37-57(38-43-65)55-25-13-6-14-26-55/h5-53H,1-4H3. The van der Waals surface area contributed by atoms with E-state index in [4.69, 9.17) is 0 Å². The van der Waals surface area contributed by atoms with Gasteiger partial charge >= 0.3 is 0 Å². The lowest BCUT2D eigenvalue weighted by molar-refractivity contribution is 0.652. The first-order chi connectivity index (χ1) is 39.7. The molecule has 0 fully saturated rings. The minimum absolute atomic E-state index is 0.221. The van der Waals surface area contributed by atoms with E-state index in [0.29, 0.717) is 0 Å². The molecule has 2 aliphatic carbocycles. The molecular formula is C78H61N3. The first-order valence-electron chi connectivity index (χ1n) is 28.2. The Labute approximate surface area is 477 Å². The number of fused-ring (bicyclic) bond motifs is 6. The molecule has 0 aliphatic heterocycles. The Hall–Kier alpha value is -9.96. The second kappa shape index (κ2) is 20.0. The summed E-state index contributed by atoms with van der Waals surface area (Å²) in [6.45, 7) is 9.66. The number of hydrogen-bond donors (Lipinski definition) is 0. The van der Waals surface area contributed by atoms with Crippen LogP contribution in [0.5, 0.6) is 0 Å². The molecule has 0 atom stereocenters. The van der Waals surface area contributed by atoms with Crippen molar-refractivity contribution in [3.63, 3.8) is 0 Å². The fourth-order valence-corrected chi connectivity index (χ4v) is 12.8. The average molecular weight is 1040 g/mol. The summed E-state index contributed by atoms with van der Waals surface area (Å²) >= 11 is 0. The van der Waals surface area contributed by atoms with Gasteiger partial charge in [-0.2, -0.15) is 0 Å². The number of anilines is 9. The summed E-state index contributed by atoms with van der Waals surface area (Å²) < 4.78 is 0. The lowest BCUT2D eigenvalue weighted by atomic mass is 9.79. The van der Waals surface area contributed by atoms with E-state index in [-0.39, 0.29) is 10.8 Å². The lowest BCUT2D eigenvalue weighted by Gasteiger charge is -2.30. The smallest absolute Gasteiger partial charge is 0.0488 e. The molecule has 81 heavy (non-hydrogen) atoms. The zero-order valence-electron chi connectivity index (χ0n) is 46.1. The van der Waals surface area contributed by atoms with E-state index < -0.39 is 0 Å². The summed E-state index contributed by atoms with van der Waals surface area (Å²) in [7, 11) is 0. The Morgan fingerprint density at radius 1 is 0.185 bits per heavy atom. The van der Waals surface area contributed by atoms with Crippen molar-refractivity contribution in [3.8, 4) is 55.6 Å². The maximum Gasteiger partial charge on any atom is 0.0488 e. The fourth-order valence-electron chi connectivity index (χ4n) is 12.8. The van der Waals surface area contributed by atoms with Gasteiger partial charge in [-0.25, -0.2) is 0 Å². The number of benzene rings is 12. The summed E-state index contributed by atoms with van der Waals surface area (Å²) in [4.78, 5) is 7.18. The third-order valence-corrected chi connectivity index (χ3v) is 17.0. The minimum atomic E-state index is -0.278. The molecule has 0 N–H and O–H groups in total. The average Bonchev–Trinajstić information content (AvgIpc) is 3.98. The Balaban J connectivity index is 0.882. The number of nitrogens with zero attached hydrogens (tertiary/aromatic N) is 3. The zero-order chi connectivity index (χ0) is 54.7. The molecule has 388 valence electrons. The third-order valence-electron chi connectivity index (χ3n) is 17.0. The Bertz CT molecular complexity index is 3970. The second-order valence-electron chi connectivity index (χ2n) is 22.6. The predicted octanol–water partition coefficient (Wildman–Crippen LogP) is 21.7. The van der Waals surface area contributed by atoms with Gasteiger partial charge < -0.3 is 14.7 Å². The molecule has 14 rings (SSSR count). The van der Waals surface area contributed by atoms with Crippen LogP contribution in [-0.2, 0) is 10.8 Å². The van der Waals surface area contributed by atoms with E-state index in [1.165, 1.54) is 72.3 Å². The van der Waals surface area contributed by atoms with Crippen LogP contribution in [-0.4, -0.2) is 0 Å². The van der Waals surface area contributed by atoms with Gasteiger partial charge in [0.15, 0.2) is 0 Å². The van der Waals surface area contributed by atoms with E-state index in [9.17, 15) is 0 Å². The van der Waals surface area contributed by atoms with E-state index in [1.54, 1.807) is 0 Å². The summed E-state index contributed by atoms with van der Waals surface area (Å²) in [6.07, 6.45) is 0. The van der Waals surface area contributed by atoms with Crippen LogP contribution >= 0.6 is 0 Å². The van der Waals surface area contributed by atoms with Crippen LogP contribution in [0.1, 0.15) is 49.9 Å². The van der Waals surface area contributed by atoms with Crippen molar-refractivity contribution in [1.82, 2.24) is 0 Å². The molecule has 0 amide bonds. The van der Waals surface area contributed by atoms with Gasteiger partial charge in [-0.1, -0.05) is 204 Å². The fraction of sp³-hybridized carbons (Fsp3) is 0.0769. The highest BCUT2D eigenvalue weighted by atomic mass is 15.2. The Kier molecular flexibility index (Phi) is 12.2. The number of para-hydroxylation sites is 4. The van der Waals surface area contributed by atoms with E-state index in [2.05, 4.69) is 340 Å².